The lowest BCUT2D eigenvalue weighted by molar-refractivity contribution is -0.126. The second kappa shape index (κ2) is 5.65. The Morgan fingerprint density at radius 1 is 1.26 bits per heavy atom. The SMILES string of the molecule is O=C1C=C2CCCCC2N1CCc1ccccc1I. The molecule has 1 heterocycles. The van der Waals surface area contributed by atoms with Crippen molar-refractivity contribution in [2.75, 3.05) is 6.54 Å². The zero-order chi connectivity index (χ0) is 13.2. The van der Waals surface area contributed by atoms with E-state index < -0.39 is 0 Å². The molecule has 1 fully saturated rings. The zero-order valence-corrected chi connectivity index (χ0v) is 13.1. The first kappa shape index (κ1) is 13.2. The smallest absolute Gasteiger partial charge is 0.247 e. The first-order valence-corrected chi connectivity index (χ1v) is 8.08. The highest BCUT2D eigenvalue weighted by Gasteiger charge is 2.33. The maximum Gasteiger partial charge on any atom is 0.247 e. The number of carbonyl (C=O) groups is 1. The molecule has 3 heteroatoms. The van der Waals surface area contributed by atoms with Crippen LogP contribution >= 0.6 is 22.6 Å². The minimum Gasteiger partial charge on any atom is -0.332 e. The van der Waals surface area contributed by atoms with Crippen LogP contribution in [-0.4, -0.2) is 23.4 Å². The van der Waals surface area contributed by atoms with Gasteiger partial charge in [0.2, 0.25) is 5.91 Å². The van der Waals surface area contributed by atoms with Crippen LogP contribution in [0.15, 0.2) is 35.9 Å². The quantitative estimate of drug-likeness (QED) is 0.749. The maximum absolute atomic E-state index is 12.1. The predicted octanol–water partition coefficient (Wildman–Crippen LogP) is 3.54. The van der Waals surface area contributed by atoms with Crippen molar-refractivity contribution in [2.24, 2.45) is 0 Å². The third-order valence-electron chi connectivity index (χ3n) is 4.17. The molecule has 1 amide bonds. The fraction of sp³-hybridized carbons (Fsp3) is 0.438. The molecule has 0 aromatic heterocycles. The normalized spacial score (nSPS) is 22.4. The molecule has 1 atom stereocenters. The molecule has 2 nitrogen and oxygen atoms in total. The molecular weight excluding hydrogens is 349 g/mol. The molecule has 1 aliphatic heterocycles. The molecule has 0 saturated heterocycles. The van der Waals surface area contributed by atoms with E-state index in [0.717, 1.165) is 25.8 Å². The van der Waals surface area contributed by atoms with Crippen molar-refractivity contribution in [3.8, 4) is 0 Å². The van der Waals surface area contributed by atoms with Crippen LogP contribution in [0.4, 0.5) is 0 Å². The number of fused-ring (bicyclic) bond motifs is 1. The van der Waals surface area contributed by atoms with Crippen molar-refractivity contribution in [2.45, 2.75) is 38.1 Å². The minimum atomic E-state index is 0.229. The van der Waals surface area contributed by atoms with Crippen LogP contribution in [0.25, 0.3) is 0 Å². The largest absolute Gasteiger partial charge is 0.332 e. The highest BCUT2D eigenvalue weighted by molar-refractivity contribution is 14.1. The molecule has 1 aromatic rings. The number of hydrogen-bond acceptors (Lipinski definition) is 1. The van der Waals surface area contributed by atoms with E-state index in [2.05, 4.69) is 51.8 Å². The summed E-state index contributed by atoms with van der Waals surface area (Å²) >= 11 is 2.37. The highest BCUT2D eigenvalue weighted by Crippen LogP contribution is 2.32. The van der Waals surface area contributed by atoms with Gasteiger partial charge in [-0.3, -0.25) is 4.79 Å². The van der Waals surface area contributed by atoms with Crippen LogP contribution in [0.5, 0.6) is 0 Å². The molecule has 19 heavy (non-hydrogen) atoms. The van der Waals surface area contributed by atoms with Crippen molar-refractivity contribution in [3.63, 3.8) is 0 Å². The Labute approximate surface area is 128 Å². The van der Waals surface area contributed by atoms with E-state index in [9.17, 15) is 4.79 Å². The van der Waals surface area contributed by atoms with Crippen LogP contribution in [0.2, 0.25) is 0 Å². The number of hydrogen-bond donors (Lipinski definition) is 0. The van der Waals surface area contributed by atoms with Gasteiger partial charge in [-0.05, 0) is 65.5 Å². The second-order valence-electron chi connectivity index (χ2n) is 5.35. The summed E-state index contributed by atoms with van der Waals surface area (Å²) in [5.41, 5.74) is 2.72. The molecular formula is C16H18INO. The van der Waals surface area contributed by atoms with E-state index in [1.54, 1.807) is 0 Å². The van der Waals surface area contributed by atoms with Crippen molar-refractivity contribution in [1.82, 2.24) is 4.90 Å². The predicted molar refractivity (Wildman–Crippen MR) is 84.9 cm³/mol. The molecule has 1 unspecified atom stereocenters. The molecule has 100 valence electrons. The van der Waals surface area contributed by atoms with Gasteiger partial charge in [0.15, 0.2) is 0 Å². The van der Waals surface area contributed by atoms with Crippen LogP contribution in [0.3, 0.4) is 0 Å². The van der Waals surface area contributed by atoms with Gasteiger partial charge in [-0.25, -0.2) is 0 Å². The summed E-state index contributed by atoms with van der Waals surface area (Å²) in [7, 11) is 0. The van der Waals surface area contributed by atoms with E-state index in [4.69, 9.17) is 0 Å². The first-order valence-electron chi connectivity index (χ1n) is 7.00. The third-order valence-corrected chi connectivity index (χ3v) is 5.22. The van der Waals surface area contributed by atoms with Gasteiger partial charge in [-0.15, -0.1) is 0 Å². The second-order valence-corrected chi connectivity index (χ2v) is 6.52. The number of carbonyl (C=O) groups excluding carboxylic acids is 1. The average Bonchev–Trinajstić information content (AvgIpc) is 2.74. The fourth-order valence-electron chi connectivity index (χ4n) is 3.15. The Morgan fingerprint density at radius 2 is 2.11 bits per heavy atom. The van der Waals surface area contributed by atoms with Crippen LogP contribution in [0.1, 0.15) is 31.2 Å². The van der Waals surface area contributed by atoms with E-state index in [-0.39, 0.29) is 5.91 Å². The lowest BCUT2D eigenvalue weighted by Gasteiger charge is -2.30. The Bertz CT molecular complexity index is 523. The van der Waals surface area contributed by atoms with Gasteiger partial charge in [-0.1, -0.05) is 24.6 Å². The van der Waals surface area contributed by atoms with Crippen molar-refractivity contribution >= 4 is 28.5 Å². The van der Waals surface area contributed by atoms with E-state index >= 15 is 0 Å². The zero-order valence-electron chi connectivity index (χ0n) is 10.9. The Balaban J connectivity index is 1.67. The maximum atomic E-state index is 12.1. The molecule has 1 aromatic carbocycles. The molecule has 1 saturated carbocycles. The summed E-state index contributed by atoms with van der Waals surface area (Å²) in [6, 6.07) is 8.84. The molecule has 0 spiro atoms. The number of nitrogens with zero attached hydrogens (tertiary/aromatic N) is 1. The van der Waals surface area contributed by atoms with Crippen molar-refractivity contribution < 1.29 is 4.79 Å². The summed E-state index contributed by atoms with van der Waals surface area (Å²) in [6.45, 7) is 0.851. The fourth-order valence-corrected chi connectivity index (χ4v) is 3.80. The van der Waals surface area contributed by atoms with Crippen LogP contribution in [-0.2, 0) is 11.2 Å². The lowest BCUT2D eigenvalue weighted by Crippen LogP contribution is -2.38. The summed E-state index contributed by atoms with van der Waals surface area (Å²) in [6.07, 6.45) is 7.64. The van der Waals surface area contributed by atoms with Gasteiger partial charge < -0.3 is 4.90 Å². The Kier molecular flexibility index (Phi) is 3.91. The van der Waals surface area contributed by atoms with Crippen LogP contribution < -0.4 is 0 Å². The number of halogens is 1. The number of amides is 1. The van der Waals surface area contributed by atoms with Gasteiger partial charge in [0.25, 0.3) is 0 Å². The summed E-state index contributed by atoms with van der Waals surface area (Å²) in [4.78, 5) is 14.2. The molecule has 0 N–H and O–H groups in total. The number of rotatable bonds is 3. The van der Waals surface area contributed by atoms with E-state index in [0.29, 0.717) is 6.04 Å². The average molecular weight is 367 g/mol. The van der Waals surface area contributed by atoms with Crippen LogP contribution in [0, 0.1) is 3.57 Å². The molecule has 2 aliphatic rings. The summed E-state index contributed by atoms with van der Waals surface area (Å²) in [5.74, 6) is 0.229. The van der Waals surface area contributed by atoms with Gasteiger partial charge in [-0.2, -0.15) is 0 Å². The molecule has 0 radical (unpaired) electrons. The Morgan fingerprint density at radius 3 is 2.95 bits per heavy atom. The monoisotopic (exact) mass is 367 g/mol. The molecule has 0 bridgehead atoms. The van der Waals surface area contributed by atoms with Gasteiger partial charge in [0, 0.05) is 16.2 Å². The molecule has 1 aliphatic carbocycles. The minimum absolute atomic E-state index is 0.229. The highest BCUT2D eigenvalue weighted by atomic mass is 127. The summed E-state index contributed by atoms with van der Waals surface area (Å²) in [5, 5.41) is 0. The first-order chi connectivity index (χ1) is 9.25. The van der Waals surface area contributed by atoms with Gasteiger partial charge in [0.05, 0.1) is 6.04 Å². The standard InChI is InChI=1S/C16H18INO/c17-14-7-3-1-5-12(14)9-10-18-15-8-4-2-6-13(15)11-16(18)19/h1,3,5,7,11,15H,2,4,6,8-10H2. The lowest BCUT2D eigenvalue weighted by atomic mass is 9.91. The van der Waals surface area contributed by atoms with Gasteiger partial charge >= 0.3 is 0 Å². The van der Waals surface area contributed by atoms with Gasteiger partial charge in [0.1, 0.15) is 0 Å². The topological polar surface area (TPSA) is 20.3 Å². The summed E-state index contributed by atoms with van der Waals surface area (Å²) < 4.78 is 1.29. The van der Waals surface area contributed by atoms with Crippen molar-refractivity contribution in [1.29, 1.82) is 0 Å². The Hall–Kier alpha value is -0.840. The van der Waals surface area contributed by atoms with E-state index in [1.807, 2.05) is 6.08 Å². The molecule has 3 rings (SSSR count). The third kappa shape index (κ3) is 2.71. The van der Waals surface area contributed by atoms with E-state index in [1.165, 1.54) is 27.5 Å². The van der Waals surface area contributed by atoms with Crippen molar-refractivity contribution in [3.05, 3.63) is 45.0 Å². The number of benzene rings is 1.